The predicted octanol–water partition coefficient (Wildman–Crippen LogP) is 0.598. The van der Waals surface area contributed by atoms with Gasteiger partial charge in [0.25, 0.3) is 0 Å². The number of rotatable bonds is 4. The summed E-state index contributed by atoms with van der Waals surface area (Å²) >= 11 is 0. The molecule has 1 aromatic heterocycles. The van der Waals surface area contributed by atoms with Crippen molar-refractivity contribution < 1.29 is 9.90 Å². The number of H-pyrrole nitrogens is 2. The molecule has 0 spiro atoms. The molecular formula is C9H12N2O3. The summed E-state index contributed by atoms with van der Waals surface area (Å²) in [7, 11) is 0. The van der Waals surface area contributed by atoms with Crippen molar-refractivity contribution in [3.63, 3.8) is 0 Å². The fourth-order valence-electron chi connectivity index (χ4n) is 1.58. The minimum Gasteiger partial charge on any atom is -0.481 e. The first-order chi connectivity index (χ1) is 6.66. The smallest absolute Gasteiger partial charge is 0.323 e. The summed E-state index contributed by atoms with van der Waals surface area (Å²) in [6, 6.07) is 0. The summed E-state index contributed by atoms with van der Waals surface area (Å²) in [5.74, 6) is -0.397. The van der Waals surface area contributed by atoms with Crippen LogP contribution in [-0.4, -0.2) is 21.0 Å². The lowest BCUT2D eigenvalue weighted by atomic mass is 10.1. The van der Waals surface area contributed by atoms with Gasteiger partial charge in [-0.3, -0.25) is 4.79 Å². The van der Waals surface area contributed by atoms with Gasteiger partial charge >= 0.3 is 11.7 Å². The van der Waals surface area contributed by atoms with Gasteiger partial charge in [0.2, 0.25) is 0 Å². The molecule has 1 heterocycles. The molecule has 0 aliphatic heterocycles. The normalized spacial score (nSPS) is 15.7. The number of aliphatic carboxylic acids is 1. The number of hydrogen-bond donors (Lipinski definition) is 3. The van der Waals surface area contributed by atoms with E-state index in [1.165, 1.54) is 0 Å². The van der Waals surface area contributed by atoms with E-state index in [4.69, 9.17) is 5.11 Å². The van der Waals surface area contributed by atoms with Crippen LogP contribution in [0.1, 0.15) is 36.6 Å². The third kappa shape index (κ3) is 1.86. The van der Waals surface area contributed by atoms with Gasteiger partial charge in [0, 0.05) is 17.3 Å². The Morgan fingerprint density at radius 1 is 1.43 bits per heavy atom. The number of imidazole rings is 1. The fourth-order valence-corrected chi connectivity index (χ4v) is 1.58. The third-order valence-corrected chi connectivity index (χ3v) is 2.41. The van der Waals surface area contributed by atoms with Crippen LogP contribution in [0.25, 0.3) is 0 Å². The summed E-state index contributed by atoms with van der Waals surface area (Å²) in [5.41, 5.74) is 1.45. The number of aromatic amines is 2. The van der Waals surface area contributed by atoms with Crippen LogP contribution in [0.15, 0.2) is 4.79 Å². The van der Waals surface area contributed by atoms with E-state index >= 15 is 0 Å². The summed E-state index contributed by atoms with van der Waals surface area (Å²) in [6.45, 7) is 0. The van der Waals surface area contributed by atoms with Gasteiger partial charge in [0.05, 0.1) is 6.42 Å². The van der Waals surface area contributed by atoms with E-state index < -0.39 is 5.97 Å². The van der Waals surface area contributed by atoms with Crippen LogP contribution in [0.3, 0.4) is 0 Å². The van der Waals surface area contributed by atoms with Crippen molar-refractivity contribution in [2.45, 2.75) is 31.6 Å². The van der Waals surface area contributed by atoms with Crippen LogP contribution in [0.5, 0.6) is 0 Å². The first kappa shape index (κ1) is 9.05. The van der Waals surface area contributed by atoms with Crippen LogP contribution in [0.2, 0.25) is 0 Å². The van der Waals surface area contributed by atoms with E-state index in [0.717, 1.165) is 24.2 Å². The molecule has 1 fully saturated rings. The van der Waals surface area contributed by atoms with E-state index in [0.29, 0.717) is 12.3 Å². The highest BCUT2D eigenvalue weighted by molar-refractivity contribution is 5.67. The molecule has 14 heavy (non-hydrogen) atoms. The second kappa shape index (κ2) is 3.32. The van der Waals surface area contributed by atoms with Crippen molar-refractivity contribution in [3.05, 3.63) is 21.9 Å². The minimum absolute atomic E-state index is 0.0630. The van der Waals surface area contributed by atoms with E-state index in [2.05, 4.69) is 9.97 Å². The highest BCUT2D eigenvalue weighted by atomic mass is 16.4. The Bertz CT molecular complexity index is 400. The number of carboxylic acids is 1. The van der Waals surface area contributed by atoms with Gasteiger partial charge in [-0.1, -0.05) is 0 Å². The first-order valence-electron chi connectivity index (χ1n) is 4.69. The number of nitrogens with one attached hydrogen (secondary N) is 2. The van der Waals surface area contributed by atoms with Crippen molar-refractivity contribution in [2.24, 2.45) is 0 Å². The summed E-state index contributed by atoms with van der Waals surface area (Å²) in [5, 5.41) is 8.52. The molecule has 1 saturated carbocycles. The average molecular weight is 196 g/mol. The predicted molar refractivity (Wildman–Crippen MR) is 49.3 cm³/mol. The van der Waals surface area contributed by atoms with Crippen molar-refractivity contribution in [2.75, 3.05) is 0 Å². The lowest BCUT2D eigenvalue weighted by Gasteiger charge is -1.98. The Hall–Kier alpha value is -1.52. The van der Waals surface area contributed by atoms with E-state index in [9.17, 15) is 9.59 Å². The zero-order chi connectivity index (χ0) is 10.1. The van der Waals surface area contributed by atoms with Crippen LogP contribution >= 0.6 is 0 Å². The standard InChI is InChI=1S/C9H12N2O3/c12-7(13)4-3-6-8(5-1-2-5)11-9(14)10-6/h5H,1-4H2,(H,12,13)(H2,10,11,14). The second-order valence-corrected chi connectivity index (χ2v) is 3.64. The van der Waals surface area contributed by atoms with Crippen molar-refractivity contribution in [1.29, 1.82) is 0 Å². The van der Waals surface area contributed by atoms with Gasteiger partial charge in [0.15, 0.2) is 0 Å². The summed E-state index contributed by atoms with van der Waals surface area (Å²) in [4.78, 5) is 26.8. The molecule has 0 unspecified atom stereocenters. The molecule has 0 amide bonds. The second-order valence-electron chi connectivity index (χ2n) is 3.64. The summed E-state index contributed by atoms with van der Waals surface area (Å²) < 4.78 is 0. The Balaban J connectivity index is 2.14. The van der Waals surface area contributed by atoms with E-state index in [1.807, 2.05) is 0 Å². The third-order valence-electron chi connectivity index (χ3n) is 2.41. The molecule has 1 aliphatic carbocycles. The molecule has 5 nitrogen and oxygen atoms in total. The molecule has 2 rings (SSSR count). The van der Waals surface area contributed by atoms with E-state index in [1.54, 1.807) is 0 Å². The van der Waals surface area contributed by atoms with Crippen molar-refractivity contribution in [3.8, 4) is 0 Å². The number of carboxylic acid groups (broad SMARTS) is 1. The lowest BCUT2D eigenvalue weighted by molar-refractivity contribution is -0.136. The maximum atomic E-state index is 11.0. The molecule has 76 valence electrons. The zero-order valence-electron chi connectivity index (χ0n) is 7.67. The number of aryl methyl sites for hydroxylation is 1. The molecule has 3 N–H and O–H groups in total. The Morgan fingerprint density at radius 3 is 2.71 bits per heavy atom. The Morgan fingerprint density at radius 2 is 2.14 bits per heavy atom. The van der Waals surface area contributed by atoms with Gasteiger partial charge in [-0.2, -0.15) is 0 Å². The molecule has 0 bridgehead atoms. The van der Waals surface area contributed by atoms with Gasteiger partial charge in [-0.25, -0.2) is 4.79 Å². The quantitative estimate of drug-likeness (QED) is 0.659. The van der Waals surface area contributed by atoms with Gasteiger partial charge in [0.1, 0.15) is 0 Å². The number of hydrogen-bond acceptors (Lipinski definition) is 2. The number of carbonyl (C=O) groups is 1. The molecular weight excluding hydrogens is 184 g/mol. The maximum absolute atomic E-state index is 11.0. The van der Waals surface area contributed by atoms with Gasteiger partial charge < -0.3 is 15.1 Å². The van der Waals surface area contributed by atoms with Crippen molar-refractivity contribution >= 4 is 5.97 Å². The lowest BCUT2D eigenvalue weighted by Crippen LogP contribution is -2.02. The highest BCUT2D eigenvalue weighted by Crippen LogP contribution is 2.39. The number of aromatic nitrogens is 2. The van der Waals surface area contributed by atoms with Crippen LogP contribution in [0.4, 0.5) is 0 Å². The van der Waals surface area contributed by atoms with E-state index in [-0.39, 0.29) is 12.1 Å². The van der Waals surface area contributed by atoms with Crippen LogP contribution in [0, 0.1) is 0 Å². The summed E-state index contributed by atoms with van der Waals surface area (Å²) in [6.07, 6.45) is 2.65. The molecule has 0 radical (unpaired) electrons. The molecule has 0 atom stereocenters. The molecule has 0 saturated heterocycles. The van der Waals surface area contributed by atoms with Crippen LogP contribution in [-0.2, 0) is 11.2 Å². The Kier molecular flexibility index (Phi) is 2.15. The Labute approximate surface area is 80.2 Å². The molecule has 5 heteroatoms. The van der Waals surface area contributed by atoms with Gasteiger partial charge in [-0.15, -0.1) is 0 Å². The zero-order valence-corrected chi connectivity index (χ0v) is 7.67. The van der Waals surface area contributed by atoms with Crippen LogP contribution < -0.4 is 5.69 Å². The average Bonchev–Trinajstić information content (AvgIpc) is 2.87. The minimum atomic E-state index is -0.839. The maximum Gasteiger partial charge on any atom is 0.323 e. The van der Waals surface area contributed by atoms with Crippen molar-refractivity contribution in [1.82, 2.24) is 9.97 Å². The highest BCUT2D eigenvalue weighted by Gasteiger charge is 2.28. The molecule has 0 aromatic carbocycles. The SMILES string of the molecule is O=C(O)CCc1[nH]c(=O)[nH]c1C1CC1. The monoisotopic (exact) mass is 196 g/mol. The topological polar surface area (TPSA) is 85.9 Å². The molecule has 1 aromatic rings. The molecule has 1 aliphatic rings. The first-order valence-corrected chi connectivity index (χ1v) is 4.69. The largest absolute Gasteiger partial charge is 0.481 e. The van der Waals surface area contributed by atoms with Gasteiger partial charge in [-0.05, 0) is 19.3 Å². The fraction of sp³-hybridized carbons (Fsp3) is 0.556.